The quantitative estimate of drug-likeness (QED) is 0.756. The van der Waals surface area contributed by atoms with Gasteiger partial charge in [0.25, 0.3) is 0 Å². The molecule has 124 valence electrons. The van der Waals surface area contributed by atoms with Crippen molar-refractivity contribution in [2.45, 2.75) is 44.2 Å². The molecule has 0 aliphatic rings. The molecule has 0 aliphatic carbocycles. The zero-order valence-electron chi connectivity index (χ0n) is 14.5. The van der Waals surface area contributed by atoms with Crippen molar-refractivity contribution in [1.29, 1.82) is 0 Å². The maximum absolute atomic E-state index is 12.4. The van der Waals surface area contributed by atoms with E-state index in [0.717, 1.165) is 18.7 Å². The highest BCUT2D eigenvalue weighted by Crippen LogP contribution is 2.18. The van der Waals surface area contributed by atoms with Crippen molar-refractivity contribution in [3.63, 3.8) is 0 Å². The van der Waals surface area contributed by atoms with Crippen molar-refractivity contribution in [1.82, 2.24) is 10.2 Å². The second kappa shape index (κ2) is 9.90. The van der Waals surface area contributed by atoms with E-state index in [-0.39, 0.29) is 17.2 Å². The number of benzene rings is 1. The van der Waals surface area contributed by atoms with Crippen LogP contribution in [0.3, 0.4) is 0 Å². The van der Waals surface area contributed by atoms with Crippen LogP contribution in [0.5, 0.6) is 0 Å². The molecule has 3 nitrogen and oxygen atoms in total. The summed E-state index contributed by atoms with van der Waals surface area (Å²) in [5.74, 6) is 1.60. The van der Waals surface area contributed by atoms with E-state index >= 15 is 0 Å². The lowest BCUT2D eigenvalue weighted by atomic mass is 10.0. The van der Waals surface area contributed by atoms with Gasteiger partial charge < -0.3 is 10.2 Å². The number of nitrogens with one attached hydrogen (secondary N) is 1. The topological polar surface area (TPSA) is 32.3 Å². The molecule has 22 heavy (non-hydrogen) atoms. The number of amides is 1. The Kier molecular flexibility index (Phi) is 8.57. The Morgan fingerprint density at radius 1 is 1.18 bits per heavy atom. The average molecular weight is 323 g/mol. The van der Waals surface area contributed by atoms with Crippen LogP contribution in [-0.4, -0.2) is 42.7 Å². The fourth-order valence-corrected chi connectivity index (χ4v) is 3.23. The minimum atomic E-state index is -0.0305. The van der Waals surface area contributed by atoms with Crippen LogP contribution in [0, 0.1) is 5.92 Å². The summed E-state index contributed by atoms with van der Waals surface area (Å²) in [6.07, 6.45) is 1.01. The highest BCUT2D eigenvalue weighted by Gasteiger charge is 2.19. The van der Waals surface area contributed by atoms with Gasteiger partial charge >= 0.3 is 0 Å². The number of likely N-dealkylation sites (N-methyl/N-ethyl adjacent to an activating group) is 1. The molecule has 2 atom stereocenters. The van der Waals surface area contributed by atoms with E-state index in [2.05, 4.69) is 36.2 Å². The molecule has 1 aromatic rings. The van der Waals surface area contributed by atoms with Gasteiger partial charge in [0.2, 0.25) is 5.91 Å². The number of hydrogen-bond donors (Lipinski definition) is 1. The molecule has 1 amide bonds. The number of carbonyl (C=O) groups excluding carboxylic acids is 1. The minimum absolute atomic E-state index is 0.0305. The zero-order chi connectivity index (χ0) is 16.5. The maximum Gasteiger partial charge on any atom is 0.233 e. The fraction of sp³-hybridized carbons (Fsp3) is 0.611. The molecule has 0 heterocycles. The van der Waals surface area contributed by atoms with E-state index in [9.17, 15) is 4.79 Å². The minimum Gasteiger partial charge on any atom is -0.351 e. The molecule has 1 N–H and O–H groups in total. The molecule has 0 aromatic heterocycles. The lowest BCUT2D eigenvalue weighted by molar-refractivity contribution is -0.121. The number of carbonyl (C=O) groups is 1. The molecule has 1 rings (SSSR count). The molecule has 0 saturated heterocycles. The lowest BCUT2D eigenvalue weighted by Crippen LogP contribution is -2.45. The van der Waals surface area contributed by atoms with Gasteiger partial charge in [0.05, 0.1) is 5.25 Å². The van der Waals surface area contributed by atoms with Gasteiger partial charge in [-0.25, -0.2) is 0 Å². The van der Waals surface area contributed by atoms with Gasteiger partial charge in [-0.05, 0) is 38.9 Å². The van der Waals surface area contributed by atoms with Gasteiger partial charge in [0.1, 0.15) is 0 Å². The average Bonchev–Trinajstić information content (AvgIpc) is 2.44. The summed E-state index contributed by atoms with van der Waals surface area (Å²) in [6, 6.07) is 10.5. The summed E-state index contributed by atoms with van der Waals surface area (Å²) in [6.45, 7) is 7.27. The van der Waals surface area contributed by atoms with Crippen molar-refractivity contribution < 1.29 is 4.79 Å². The Hall–Kier alpha value is -1.00. The van der Waals surface area contributed by atoms with Crippen molar-refractivity contribution in [3.8, 4) is 0 Å². The molecular weight excluding hydrogens is 292 g/mol. The third-order valence-corrected chi connectivity index (χ3v) is 4.61. The van der Waals surface area contributed by atoms with Crippen LogP contribution in [0.2, 0.25) is 0 Å². The SMILES string of the molecule is CC(C)CC(CN(C)C)NC(=O)C(C)SCc1ccccc1. The van der Waals surface area contributed by atoms with Gasteiger partial charge in [-0.15, -0.1) is 11.8 Å². The highest BCUT2D eigenvalue weighted by atomic mass is 32.2. The number of rotatable bonds is 9. The summed E-state index contributed by atoms with van der Waals surface area (Å²) in [5, 5.41) is 3.18. The van der Waals surface area contributed by atoms with Crippen LogP contribution < -0.4 is 5.32 Å². The van der Waals surface area contributed by atoms with E-state index < -0.39 is 0 Å². The van der Waals surface area contributed by atoms with E-state index in [1.165, 1.54) is 5.56 Å². The van der Waals surface area contributed by atoms with Crippen LogP contribution in [0.1, 0.15) is 32.8 Å². The first-order chi connectivity index (χ1) is 10.4. The molecule has 0 spiro atoms. The molecule has 0 radical (unpaired) electrons. The van der Waals surface area contributed by atoms with Crippen molar-refractivity contribution >= 4 is 17.7 Å². The van der Waals surface area contributed by atoms with Gasteiger partial charge in [0, 0.05) is 18.3 Å². The third-order valence-electron chi connectivity index (χ3n) is 3.40. The standard InChI is InChI=1S/C18H30N2OS/c1-14(2)11-17(12-20(4)5)19-18(21)15(3)22-13-16-9-7-6-8-10-16/h6-10,14-15,17H,11-13H2,1-5H3,(H,19,21). The summed E-state index contributed by atoms with van der Waals surface area (Å²) in [4.78, 5) is 14.5. The Labute approximate surface area is 139 Å². The number of thioether (sulfide) groups is 1. The second-order valence-electron chi connectivity index (χ2n) is 6.54. The molecule has 4 heteroatoms. The van der Waals surface area contributed by atoms with Crippen molar-refractivity contribution in [2.24, 2.45) is 5.92 Å². The predicted molar refractivity (Wildman–Crippen MR) is 97.1 cm³/mol. The monoisotopic (exact) mass is 322 g/mol. The van der Waals surface area contributed by atoms with Gasteiger partial charge in [0.15, 0.2) is 0 Å². The Bertz CT molecular complexity index is 424. The number of nitrogens with zero attached hydrogens (tertiary/aromatic N) is 1. The van der Waals surface area contributed by atoms with Gasteiger partial charge in [-0.2, -0.15) is 0 Å². The Morgan fingerprint density at radius 3 is 2.36 bits per heavy atom. The third kappa shape index (κ3) is 7.85. The summed E-state index contributed by atoms with van der Waals surface area (Å²) >= 11 is 1.69. The lowest BCUT2D eigenvalue weighted by Gasteiger charge is -2.25. The van der Waals surface area contributed by atoms with Gasteiger partial charge in [-0.3, -0.25) is 4.79 Å². The van der Waals surface area contributed by atoms with Crippen LogP contribution in [0.4, 0.5) is 0 Å². The van der Waals surface area contributed by atoms with E-state index in [1.807, 2.05) is 39.2 Å². The van der Waals surface area contributed by atoms with Crippen molar-refractivity contribution in [3.05, 3.63) is 35.9 Å². The smallest absolute Gasteiger partial charge is 0.233 e. The molecular formula is C18H30N2OS. The molecule has 1 aromatic carbocycles. The number of hydrogen-bond acceptors (Lipinski definition) is 3. The normalized spacial score (nSPS) is 14.1. The van der Waals surface area contributed by atoms with Crippen molar-refractivity contribution in [2.75, 3.05) is 20.6 Å². The molecule has 0 saturated carbocycles. The van der Waals surface area contributed by atoms with Crippen LogP contribution in [0.25, 0.3) is 0 Å². The molecule has 0 fully saturated rings. The van der Waals surface area contributed by atoms with Crippen LogP contribution in [0.15, 0.2) is 30.3 Å². The Balaban J connectivity index is 2.46. The first kappa shape index (κ1) is 19.0. The summed E-state index contributed by atoms with van der Waals surface area (Å²) < 4.78 is 0. The predicted octanol–water partition coefficient (Wildman–Crippen LogP) is 3.40. The molecule has 0 aliphatic heterocycles. The van der Waals surface area contributed by atoms with Crippen LogP contribution >= 0.6 is 11.8 Å². The second-order valence-corrected chi connectivity index (χ2v) is 7.87. The fourth-order valence-electron chi connectivity index (χ4n) is 2.38. The molecule has 2 unspecified atom stereocenters. The first-order valence-corrected chi connectivity index (χ1v) is 9.04. The largest absolute Gasteiger partial charge is 0.351 e. The van der Waals surface area contributed by atoms with Crippen LogP contribution in [-0.2, 0) is 10.5 Å². The van der Waals surface area contributed by atoms with E-state index in [0.29, 0.717) is 5.92 Å². The Morgan fingerprint density at radius 2 is 1.82 bits per heavy atom. The van der Waals surface area contributed by atoms with Gasteiger partial charge in [-0.1, -0.05) is 44.2 Å². The highest BCUT2D eigenvalue weighted by molar-refractivity contribution is 7.99. The van der Waals surface area contributed by atoms with E-state index in [4.69, 9.17) is 0 Å². The zero-order valence-corrected chi connectivity index (χ0v) is 15.3. The summed E-state index contributed by atoms with van der Waals surface area (Å²) in [7, 11) is 4.10. The van der Waals surface area contributed by atoms with E-state index in [1.54, 1.807) is 11.8 Å². The maximum atomic E-state index is 12.4. The first-order valence-electron chi connectivity index (χ1n) is 7.99. The summed E-state index contributed by atoms with van der Waals surface area (Å²) in [5.41, 5.74) is 1.26. The molecule has 0 bridgehead atoms.